The molecule has 1 atom stereocenters. The van der Waals surface area contributed by atoms with Crippen LogP contribution in [-0.2, 0) is 0 Å². The topological polar surface area (TPSA) is 3.24 Å². The van der Waals surface area contributed by atoms with Crippen molar-refractivity contribution in [3.63, 3.8) is 0 Å². The monoisotopic (exact) mass is 381 g/mol. The highest BCUT2D eigenvalue weighted by molar-refractivity contribution is 5.89. The van der Waals surface area contributed by atoms with Gasteiger partial charge in [-0.15, -0.1) is 0 Å². The molecule has 0 aromatic heterocycles. The Bertz CT molecular complexity index is 699. The van der Waals surface area contributed by atoms with Crippen LogP contribution >= 0.6 is 0 Å². The van der Waals surface area contributed by atoms with E-state index in [1.165, 1.54) is 33.5 Å². The molecular weight excluding hydrogens is 338 g/mol. The van der Waals surface area contributed by atoms with Crippen LogP contribution in [0.25, 0.3) is 5.57 Å². The van der Waals surface area contributed by atoms with Crippen molar-refractivity contribution < 1.29 is 0 Å². The van der Waals surface area contributed by atoms with E-state index in [0.717, 1.165) is 12.8 Å². The van der Waals surface area contributed by atoms with Gasteiger partial charge in [-0.3, -0.25) is 0 Å². The first-order valence-electron chi connectivity index (χ1n) is 11.1. The Morgan fingerprint density at radius 3 is 2.04 bits per heavy atom. The first-order valence-corrected chi connectivity index (χ1v) is 11.1. The number of rotatable bonds is 5. The highest BCUT2D eigenvalue weighted by Crippen LogP contribution is 2.50. The molecule has 1 unspecified atom stereocenters. The molecule has 2 rings (SSSR count). The summed E-state index contributed by atoms with van der Waals surface area (Å²) in [5.74, 6) is 0.324. The van der Waals surface area contributed by atoms with Gasteiger partial charge < -0.3 is 4.90 Å². The van der Waals surface area contributed by atoms with Gasteiger partial charge in [-0.25, -0.2) is 0 Å². The fourth-order valence-electron chi connectivity index (χ4n) is 3.91. The van der Waals surface area contributed by atoms with Crippen molar-refractivity contribution >= 4 is 5.57 Å². The average Bonchev–Trinajstić information content (AvgIpc) is 3.04. The largest absolute Gasteiger partial charge is 0.380 e. The van der Waals surface area contributed by atoms with Crippen LogP contribution in [0.1, 0.15) is 85.3 Å². The molecule has 0 amide bonds. The van der Waals surface area contributed by atoms with Crippen molar-refractivity contribution in [2.24, 2.45) is 0 Å². The maximum Gasteiger partial charge on any atom is 0.0501 e. The van der Waals surface area contributed by atoms with E-state index in [2.05, 4.69) is 95.3 Å². The van der Waals surface area contributed by atoms with Gasteiger partial charge in [-0.2, -0.15) is 0 Å². The van der Waals surface area contributed by atoms with Crippen LogP contribution in [0.5, 0.6) is 0 Å². The third-order valence-corrected chi connectivity index (χ3v) is 4.76. The Kier molecular flexibility index (Phi) is 13.0. The van der Waals surface area contributed by atoms with E-state index in [4.69, 9.17) is 0 Å². The molecule has 1 nitrogen and oxygen atoms in total. The second-order valence-electron chi connectivity index (χ2n) is 6.52. The summed E-state index contributed by atoms with van der Waals surface area (Å²) in [6.45, 7) is 16.7. The SMILES string of the molecule is C/C=C\C(CCC)=C(\C1C(=C/C)/C(=C\C)c2ccccc21)N(C)C.CC.CC. The number of nitrogens with zero attached hydrogens (tertiary/aromatic N) is 1. The van der Waals surface area contributed by atoms with Gasteiger partial charge in [0, 0.05) is 19.8 Å². The lowest BCUT2D eigenvalue weighted by Gasteiger charge is -2.28. The molecule has 0 radical (unpaired) electrons. The molecular formula is C27H43N. The molecule has 0 saturated carbocycles. The summed E-state index contributed by atoms with van der Waals surface area (Å²) in [6, 6.07) is 8.87. The zero-order valence-electron chi connectivity index (χ0n) is 20.1. The van der Waals surface area contributed by atoms with Crippen molar-refractivity contribution in [3.05, 3.63) is 76.5 Å². The van der Waals surface area contributed by atoms with Crippen LogP contribution in [0.2, 0.25) is 0 Å². The third-order valence-electron chi connectivity index (χ3n) is 4.76. The van der Waals surface area contributed by atoms with Gasteiger partial charge in [0.05, 0.1) is 5.92 Å². The number of hydrogen-bond acceptors (Lipinski definition) is 1. The molecule has 0 N–H and O–H groups in total. The fourth-order valence-corrected chi connectivity index (χ4v) is 3.91. The first-order chi connectivity index (χ1) is 13.6. The Morgan fingerprint density at radius 1 is 0.964 bits per heavy atom. The lowest BCUT2D eigenvalue weighted by atomic mass is 9.88. The Balaban J connectivity index is 0.00000171. The molecule has 0 heterocycles. The molecule has 0 saturated heterocycles. The van der Waals surface area contributed by atoms with E-state index in [-0.39, 0.29) is 0 Å². The summed E-state index contributed by atoms with van der Waals surface area (Å²) >= 11 is 0. The van der Waals surface area contributed by atoms with Gasteiger partial charge in [0.2, 0.25) is 0 Å². The van der Waals surface area contributed by atoms with Gasteiger partial charge in [0.1, 0.15) is 0 Å². The van der Waals surface area contributed by atoms with Crippen molar-refractivity contribution in [3.8, 4) is 0 Å². The maximum absolute atomic E-state index is 2.31. The van der Waals surface area contributed by atoms with Gasteiger partial charge in [0.25, 0.3) is 0 Å². The number of hydrogen-bond donors (Lipinski definition) is 0. The lowest BCUT2D eigenvalue weighted by Crippen LogP contribution is -2.20. The molecule has 156 valence electrons. The van der Waals surface area contributed by atoms with Crippen molar-refractivity contribution in [1.82, 2.24) is 4.90 Å². The molecule has 0 spiro atoms. The Hall–Kier alpha value is -2.02. The minimum absolute atomic E-state index is 0.324. The van der Waals surface area contributed by atoms with Crippen LogP contribution < -0.4 is 0 Å². The fraction of sp³-hybridized carbons (Fsp3) is 0.481. The molecule has 1 aliphatic carbocycles. The van der Waals surface area contributed by atoms with E-state index >= 15 is 0 Å². The normalized spacial score (nSPS) is 18.9. The van der Waals surface area contributed by atoms with Crippen LogP contribution in [0.4, 0.5) is 0 Å². The highest BCUT2D eigenvalue weighted by Gasteiger charge is 2.34. The summed E-state index contributed by atoms with van der Waals surface area (Å²) in [6.07, 6.45) is 11.3. The predicted octanol–water partition coefficient (Wildman–Crippen LogP) is 8.38. The minimum Gasteiger partial charge on any atom is -0.380 e. The van der Waals surface area contributed by atoms with E-state index in [1.807, 2.05) is 27.7 Å². The summed E-state index contributed by atoms with van der Waals surface area (Å²) in [4.78, 5) is 2.31. The van der Waals surface area contributed by atoms with Crippen molar-refractivity contribution in [1.29, 1.82) is 0 Å². The molecule has 1 aliphatic rings. The molecule has 0 aliphatic heterocycles. The zero-order chi connectivity index (χ0) is 21.7. The molecule has 28 heavy (non-hydrogen) atoms. The lowest BCUT2D eigenvalue weighted by molar-refractivity contribution is 0.473. The molecule has 1 aromatic carbocycles. The van der Waals surface area contributed by atoms with Crippen LogP contribution in [0, 0.1) is 0 Å². The van der Waals surface area contributed by atoms with E-state index in [9.17, 15) is 0 Å². The number of allylic oxidation sites excluding steroid dienone is 7. The molecule has 0 fully saturated rings. The predicted molar refractivity (Wildman–Crippen MR) is 130 cm³/mol. The zero-order valence-corrected chi connectivity index (χ0v) is 20.1. The van der Waals surface area contributed by atoms with E-state index in [1.54, 1.807) is 0 Å². The summed E-state index contributed by atoms with van der Waals surface area (Å²) < 4.78 is 0. The average molecular weight is 382 g/mol. The van der Waals surface area contributed by atoms with E-state index in [0.29, 0.717) is 5.92 Å². The van der Waals surface area contributed by atoms with Crippen LogP contribution in [-0.4, -0.2) is 19.0 Å². The molecule has 1 heteroatoms. The smallest absolute Gasteiger partial charge is 0.0501 e. The Labute approximate surface area is 175 Å². The first kappa shape index (κ1) is 26.0. The van der Waals surface area contributed by atoms with Crippen LogP contribution in [0.15, 0.2) is 65.4 Å². The summed E-state index contributed by atoms with van der Waals surface area (Å²) in [5.41, 5.74) is 8.50. The minimum atomic E-state index is 0.324. The maximum atomic E-state index is 2.31. The number of fused-ring (bicyclic) bond motifs is 1. The number of likely N-dealkylation sites (N-methyl/N-ethyl adjacent to an activating group) is 1. The molecule has 0 bridgehead atoms. The van der Waals surface area contributed by atoms with Crippen molar-refractivity contribution in [2.45, 2.75) is 74.1 Å². The molecule has 1 aromatic rings. The third kappa shape index (κ3) is 5.74. The van der Waals surface area contributed by atoms with Crippen LogP contribution in [0.3, 0.4) is 0 Å². The van der Waals surface area contributed by atoms with Gasteiger partial charge in [0.15, 0.2) is 0 Å². The van der Waals surface area contributed by atoms with E-state index < -0.39 is 0 Å². The number of benzene rings is 1. The summed E-state index contributed by atoms with van der Waals surface area (Å²) in [5, 5.41) is 0. The highest BCUT2D eigenvalue weighted by atomic mass is 15.1. The standard InChI is InChI=1S/C23H31N.2C2H6/c1-7-13-17(14-8-2)23(24(5)6)22-19(10-4)18(9-3)20-15-11-12-16-21(20)22;2*1-2/h7,9-13,15-16,22H,8,14H2,1-6H3;2*1-2H3/b13-7-,18-9+,19-10+,23-17+;;. The quantitative estimate of drug-likeness (QED) is 0.463. The second kappa shape index (κ2) is 14.0. The Morgan fingerprint density at radius 2 is 1.57 bits per heavy atom. The van der Waals surface area contributed by atoms with Gasteiger partial charge in [-0.1, -0.05) is 89.6 Å². The van der Waals surface area contributed by atoms with Gasteiger partial charge >= 0.3 is 0 Å². The summed E-state index contributed by atoms with van der Waals surface area (Å²) in [7, 11) is 4.36. The van der Waals surface area contributed by atoms with Crippen molar-refractivity contribution in [2.75, 3.05) is 14.1 Å². The van der Waals surface area contributed by atoms with Gasteiger partial charge in [-0.05, 0) is 55.0 Å². The second-order valence-corrected chi connectivity index (χ2v) is 6.52.